The van der Waals surface area contributed by atoms with E-state index < -0.39 is 12.6 Å². The van der Waals surface area contributed by atoms with Crippen molar-refractivity contribution in [3.05, 3.63) is 11.7 Å². The Morgan fingerprint density at radius 3 is 2.56 bits per heavy atom. The van der Waals surface area contributed by atoms with E-state index in [1.807, 2.05) is 0 Å². The minimum absolute atomic E-state index is 0.00911. The molecule has 0 aliphatic heterocycles. The quantitative estimate of drug-likeness (QED) is 0.840. The normalized spacial score (nSPS) is 18.3. The van der Waals surface area contributed by atoms with Crippen molar-refractivity contribution < 1.29 is 22.5 Å². The van der Waals surface area contributed by atoms with Crippen molar-refractivity contribution in [1.82, 2.24) is 10.1 Å². The van der Waals surface area contributed by atoms with Gasteiger partial charge in [0, 0.05) is 25.2 Å². The first-order valence-corrected chi connectivity index (χ1v) is 5.85. The zero-order valence-corrected chi connectivity index (χ0v) is 9.66. The Bertz CT molecular complexity index is 418. The number of hydrogen-bond acceptors (Lipinski definition) is 4. The number of Topliss-reactive ketones (excluding diaryl/α,β-unsaturated/α-hetero) is 1. The monoisotopic (exact) mass is 262 g/mol. The van der Waals surface area contributed by atoms with E-state index in [0.717, 1.165) is 0 Å². The number of halogens is 3. The zero-order valence-electron chi connectivity index (χ0n) is 9.66. The number of ketones is 1. The third kappa shape index (κ3) is 3.54. The Morgan fingerprint density at radius 1 is 1.28 bits per heavy atom. The maximum absolute atomic E-state index is 12.0. The highest BCUT2D eigenvalue weighted by molar-refractivity contribution is 5.79. The fourth-order valence-electron chi connectivity index (χ4n) is 1.98. The smallest absolute Gasteiger partial charge is 0.339 e. The van der Waals surface area contributed by atoms with E-state index in [1.165, 1.54) is 0 Å². The Balaban J connectivity index is 1.91. The maximum Gasteiger partial charge on any atom is 0.389 e. The lowest BCUT2D eigenvalue weighted by Gasteiger charge is -2.16. The van der Waals surface area contributed by atoms with Crippen LogP contribution in [0.1, 0.15) is 49.7 Å². The molecule has 0 saturated heterocycles. The Hall–Kier alpha value is -1.40. The number of aromatic nitrogens is 2. The van der Waals surface area contributed by atoms with Gasteiger partial charge < -0.3 is 4.52 Å². The Morgan fingerprint density at radius 2 is 1.94 bits per heavy atom. The summed E-state index contributed by atoms with van der Waals surface area (Å²) in [7, 11) is 0. The van der Waals surface area contributed by atoms with Gasteiger partial charge in [0.15, 0.2) is 5.82 Å². The van der Waals surface area contributed by atoms with Crippen LogP contribution in [0.25, 0.3) is 0 Å². The molecule has 0 bridgehead atoms. The molecule has 100 valence electrons. The number of alkyl halides is 3. The molecule has 0 unspecified atom stereocenters. The van der Waals surface area contributed by atoms with Crippen molar-refractivity contribution in [1.29, 1.82) is 0 Å². The first kappa shape index (κ1) is 13.0. The molecule has 1 aliphatic carbocycles. The van der Waals surface area contributed by atoms with Gasteiger partial charge in [-0.05, 0) is 12.8 Å². The predicted octanol–water partition coefficient (Wildman–Crippen LogP) is 2.79. The van der Waals surface area contributed by atoms with Gasteiger partial charge in [-0.1, -0.05) is 5.16 Å². The third-order valence-corrected chi connectivity index (χ3v) is 3.01. The largest absolute Gasteiger partial charge is 0.389 e. The highest BCUT2D eigenvalue weighted by Crippen LogP contribution is 2.30. The lowest BCUT2D eigenvalue weighted by atomic mass is 9.88. The molecule has 1 fully saturated rings. The summed E-state index contributed by atoms with van der Waals surface area (Å²) in [6.07, 6.45) is -3.19. The van der Waals surface area contributed by atoms with E-state index in [9.17, 15) is 18.0 Å². The van der Waals surface area contributed by atoms with Gasteiger partial charge in [0.1, 0.15) is 5.78 Å². The van der Waals surface area contributed by atoms with Crippen LogP contribution >= 0.6 is 0 Å². The fourth-order valence-corrected chi connectivity index (χ4v) is 1.98. The van der Waals surface area contributed by atoms with Crippen molar-refractivity contribution in [2.45, 2.75) is 50.6 Å². The Kier molecular flexibility index (Phi) is 3.68. The minimum Gasteiger partial charge on any atom is -0.339 e. The van der Waals surface area contributed by atoms with E-state index in [2.05, 4.69) is 10.1 Å². The first-order valence-electron chi connectivity index (χ1n) is 5.85. The van der Waals surface area contributed by atoms with E-state index in [-0.39, 0.29) is 23.9 Å². The highest BCUT2D eigenvalue weighted by Gasteiger charge is 2.29. The summed E-state index contributed by atoms with van der Waals surface area (Å²) in [5.74, 6) is 0.664. The molecule has 18 heavy (non-hydrogen) atoms. The molecule has 0 aromatic carbocycles. The molecule has 1 aliphatic rings. The van der Waals surface area contributed by atoms with Gasteiger partial charge in [0.25, 0.3) is 0 Å². The van der Waals surface area contributed by atoms with Crippen LogP contribution < -0.4 is 0 Å². The summed E-state index contributed by atoms with van der Waals surface area (Å²) in [6.45, 7) is 0. The van der Waals surface area contributed by atoms with Gasteiger partial charge in [-0.2, -0.15) is 18.2 Å². The van der Waals surface area contributed by atoms with Crippen molar-refractivity contribution in [3.63, 3.8) is 0 Å². The van der Waals surface area contributed by atoms with Gasteiger partial charge >= 0.3 is 6.18 Å². The van der Waals surface area contributed by atoms with Crippen LogP contribution in [0.3, 0.4) is 0 Å². The SMILES string of the molecule is O=C1CCC(c2nc(CCC(F)(F)F)no2)CC1. The standard InChI is InChI=1S/C11H13F3N2O2/c12-11(13,14)6-5-9-15-10(18-16-9)7-1-3-8(17)4-2-7/h7H,1-6H2. The number of carbonyl (C=O) groups is 1. The molecule has 1 heterocycles. The topological polar surface area (TPSA) is 56.0 Å². The molecule has 0 N–H and O–H groups in total. The summed E-state index contributed by atoms with van der Waals surface area (Å²) in [5, 5.41) is 3.54. The summed E-state index contributed by atoms with van der Waals surface area (Å²) < 4.78 is 41.0. The minimum atomic E-state index is -4.21. The molecule has 1 aromatic rings. The second-order valence-corrected chi connectivity index (χ2v) is 4.48. The number of aryl methyl sites for hydroxylation is 1. The zero-order chi connectivity index (χ0) is 13.2. The van der Waals surface area contributed by atoms with Gasteiger partial charge in [-0.25, -0.2) is 0 Å². The number of hydrogen-bond donors (Lipinski definition) is 0. The van der Waals surface area contributed by atoms with Crippen molar-refractivity contribution >= 4 is 5.78 Å². The number of carbonyl (C=O) groups excluding carboxylic acids is 1. The summed E-state index contributed by atoms with van der Waals surface area (Å²) in [5.41, 5.74) is 0. The van der Waals surface area contributed by atoms with Crippen molar-refractivity contribution in [2.75, 3.05) is 0 Å². The molecule has 0 atom stereocenters. The van der Waals surface area contributed by atoms with E-state index >= 15 is 0 Å². The molecule has 2 rings (SSSR count). The van der Waals surface area contributed by atoms with Crippen LogP contribution in [0, 0.1) is 0 Å². The van der Waals surface area contributed by atoms with Crippen LogP contribution in [-0.2, 0) is 11.2 Å². The van der Waals surface area contributed by atoms with E-state index in [0.29, 0.717) is 31.6 Å². The van der Waals surface area contributed by atoms with Crippen LogP contribution in [-0.4, -0.2) is 22.1 Å². The average molecular weight is 262 g/mol. The molecule has 0 spiro atoms. The van der Waals surface area contributed by atoms with Gasteiger partial charge in [-0.3, -0.25) is 4.79 Å². The molecule has 7 heteroatoms. The molecule has 4 nitrogen and oxygen atoms in total. The molecular weight excluding hydrogens is 249 g/mol. The first-order chi connectivity index (χ1) is 8.44. The molecule has 0 radical (unpaired) electrons. The van der Waals surface area contributed by atoms with Crippen LogP contribution in [0.2, 0.25) is 0 Å². The average Bonchev–Trinajstić information content (AvgIpc) is 2.75. The van der Waals surface area contributed by atoms with Gasteiger partial charge in [0.05, 0.1) is 6.42 Å². The second kappa shape index (κ2) is 5.07. The lowest BCUT2D eigenvalue weighted by molar-refractivity contribution is -0.134. The highest BCUT2D eigenvalue weighted by atomic mass is 19.4. The van der Waals surface area contributed by atoms with Crippen molar-refractivity contribution in [2.24, 2.45) is 0 Å². The summed E-state index contributed by atoms with van der Waals surface area (Å²) in [4.78, 5) is 15.0. The molecular formula is C11H13F3N2O2. The lowest BCUT2D eigenvalue weighted by Crippen LogP contribution is -2.13. The number of rotatable bonds is 3. The Labute approximate surface area is 102 Å². The maximum atomic E-state index is 12.0. The van der Waals surface area contributed by atoms with Crippen LogP contribution in [0.15, 0.2) is 4.52 Å². The van der Waals surface area contributed by atoms with Crippen LogP contribution in [0.5, 0.6) is 0 Å². The second-order valence-electron chi connectivity index (χ2n) is 4.48. The van der Waals surface area contributed by atoms with Gasteiger partial charge in [-0.15, -0.1) is 0 Å². The fraction of sp³-hybridized carbons (Fsp3) is 0.727. The van der Waals surface area contributed by atoms with Gasteiger partial charge in [0.2, 0.25) is 5.89 Å². The van der Waals surface area contributed by atoms with Crippen molar-refractivity contribution in [3.8, 4) is 0 Å². The molecule has 0 amide bonds. The third-order valence-electron chi connectivity index (χ3n) is 3.01. The summed E-state index contributed by atoms with van der Waals surface area (Å²) in [6, 6.07) is 0. The molecule has 1 saturated carbocycles. The summed E-state index contributed by atoms with van der Waals surface area (Å²) >= 11 is 0. The number of nitrogens with zero attached hydrogens (tertiary/aromatic N) is 2. The van der Waals surface area contributed by atoms with E-state index in [4.69, 9.17) is 4.52 Å². The van der Waals surface area contributed by atoms with E-state index in [1.54, 1.807) is 0 Å². The van der Waals surface area contributed by atoms with Crippen LogP contribution in [0.4, 0.5) is 13.2 Å². The molecule has 1 aromatic heterocycles. The predicted molar refractivity (Wildman–Crippen MR) is 54.9 cm³/mol.